The minimum atomic E-state index is -0.650. The first kappa shape index (κ1) is 27.0. The highest BCUT2D eigenvalue weighted by atomic mass is 16.6. The zero-order chi connectivity index (χ0) is 26.7. The molecule has 2 atom stereocenters. The Morgan fingerprint density at radius 1 is 1.08 bits per heavy atom. The van der Waals surface area contributed by atoms with E-state index < -0.39 is 23.7 Å². The van der Waals surface area contributed by atoms with Crippen molar-refractivity contribution in [2.24, 2.45) is 11.8 Å². The lowest BCUT2D eigenvalue weighted by molar-refractivity contribution is -0.122. The monoisotopic (exact) mass is 513 g/mol. The highest BCUT2D eigenvalue weighted by Gasteiger charge is 2.47. The van der Waals surface area contributed by atoms with E-state index in [9.17, 15) is 14.4 Å². The number of rotatable bonds is 6. The van der Waals surface area contributed by atoms with E-state index >= 15 is 0 Å². The molecule has 202 valence electrons. The number of anilines is 1. The fraction of sp³-hybridized carbons (Fsp3) is 0.607. The molecule has 9 nitrogen and oxygen atoms in total. The third-order valence-corrected chi connectivity index (χ3v) is 7.38. The molecule has 1 aliphatic carbocycles. The Labute approximate surface area is 218 Å². The van der Waals surface area contributed by atoms with Gasteiger partial charge in [0.25, 0.3) is 0 Å². The minimum absolute atomic E-state index is 0.0525. The van der Waals surface area contributed by atoms with Crippen LogP contribution in [0, 0.1) is 11.8 Å². The van der Waals surface area contributed by atoms with Crippen LogP contribution < -0.4 is 5.32 Å². The second-order valence-corrected chi connectivity index (χ2v) is 11.0. The summed E-state index contributed by atoms with van der Waals surface area (Å²) in [5.74, 6) is -0.248. The lowest BCUT2D eigenvalue weighted by Crippen LogP contribution is -2.49. The summed E-state index contributed by atoms with van der Waals surface area (Å²) >= 11 is 0. The third-order valence-electron chi connectivity index (χ3n) is 7.38. The van der Waals surface area contributed by atoms with Crippen LogP contribution in [0.4, 0.5) is 10.5 Å². The average Bonchev–Trinajstić information content (AvgIpc) is 3.48. The molecule has 9 heteroatoms. The summed E-state index contributed by atoms with van der Waals surface area (Å²) in [6.45, 7) is 8.03. The van der Waals surface area contributed by atoms with Gasteiger partial charge in [-0.15, -0.1) is 0 Å². The molecule has 2 aliphatic rings. The summed E-state index contributed by atoms with van der Waals surface area (Å²) in [5.41, 5.74) is 1.08. The van der Waals surface area contributed by atoms with Gasteiger partial charge in [0.05, 0.1) is 12.7 Å². The molecule has 0 radical (unpaired) electrons. The Kier molecular flexibility index (Phi) is 8.11. The summed E-state index contributed by atoms with van der Waals surface area (Å²) in [7, 11) is 1.75. The first-order chi connectivity index (χ1) is 17.6. The van der Waals surface area contributed by atoms with Crippen LogP contribution in [0.3, 0.4) is 0 Å². The number of benzene rings is 1. The Morgan fingerprint density at radius 2 is 1.81 bits per heavy atom. The number of nitrogens with one attached hydrogen (secondary N) is 2. The van der Waals surface area contributed by atoms with Crippen molar-refractivity contribution in [1.82, 2.24) is 9.88 Å². The number of nitrogens with zero attached hydrogens (tertiary/aromatic N) is 1. The number of carbonyl (C=O) groups is 3. The summed E-state index contributed by atoms with van der Waals surface area (Å²) < 4.78 is 16.3. The van der Waals surface area contributed by atoms with Gasteiger partial charge in [-0.05, 0) is 95.9 Å². The van der Waals surface area contributed by atoms with Gasteiger partial charge in [-0.3, -0.25) is 9.69 Å². The van der Waals surface area contributed by atoms with Crippen molar-refractivity contribution >= 4 is 34.6 Å². The van der Waals surface area contributed by atoms with Gasteiger partial charge in [0.2, 0.25) is 5.91 Å². The Morgan fingerprint density at radius 3 is 2.46 bits per heavy atom. The van der Waals surface area contributed by atoms with Gasteiger partial charge < -0.3 is 24.5 Å². The number of methoxy groups -OCH3 is 1. The maximum Gasteiger partial charge on any atom is 0.410 e. The molecule has 2 aromatic rings. The number of fused-ring (bicyclic) bond motifs is 1. The number of hydrogen-bond donors (Lipinski definition) is 2. The van der Waals surface area contributed by atoms with Crippen LogP contribution in [0.25, 0.3) is 10.9 Å². The number of aromatic nitrogens is 1. The van der Waals surface area contributed by atoms with Crippen molar-refractivity contribution in [2.75, 3.05) is 25.6 Å². The number of likely N-dealkylation sites (tertiary alicyclic amines) is 1. The van der Waals surface area contributed by atoms with Crippen molar-refractivity contribution in [2.45, 2.75) is 77.5 Å². The largest absolute Gasteiger partial charge is 0.461 e. The van der Waals surface area contributed by atoms with E-state index in [1.165, 1.54) is 0 Å². The van der Waals surface area contributed by atoms with Crippen molar-refractivity contribution in [1.29, 1.82) is 0 Å². The molecular formula is C28H39N3O6. The van der Waals surface area contributed by atoms with Gasteiger partial charge in [0.1, 0.15) is 17.3 Å². The second-order valence-electron chi connectivity index (χ2n) is 11.0. The van der Waals surface area contributed by atoms with E-state index in [2.05, 4.69) is 10.3 Å². The van der Waals surface area contributed by atoms with E-state index in [4.69, 9.17) is 14.2 Å². The van der Waals surface area contributed by atoms with Crippen molar-refractivity contribution in [3.63, 3.8) is 0 Å². The van der Waals surface area contributed by atoms with E-state index in [-0.39, 0.29) is 17.9 Å². The van der Waals surface area contributed by atoms with Crippen LogP contribution in [-0.2, 0) is 19.0 Å². The standard InChI is InChI=1S/C28H39N3O6/c1-6-36-26(33)23-16-18-15-19(9-12-22(18)30-23)29-25(32)24-21(17-7-10-20(35-5)11-8-17)13-14-31(24)27(34)37-28(2,3)4/h9,12,15-17,20-21,24,30H,6-8,10-11,13-14H2,1-5H3,(H,29,32)/t17?,20?,21-,24-/m1/s1. The highest BCUT2D eigenvalue weighted by molar-refractivity contribution is 6.00. The van der Waals surface area contributed by atoms with E-state index in [0.29, 0.717) is 30.5 Å². The van der Waals surface area contributed by atoms with Gasteiger partial charge in [0, 0.05) is 30.2 Å². The topological polar surface area (TPSA) is 110 Å². The number of hydrogen-bond acceptors (Lipinski definition) is 6. The first-order valence-corrected chi connectivity index (χ1v) is 13.2. The number of esters is 1. The molecule has 37 heavy (non-hydrogen) atoms. The Hall–Kier alpha value is -3.07. The second kappa shape index (κ2) is 11.1. The summed E-state index contributed by atoms with van der Waals surface area (Å²) in [6.07, 6.45) is 4.44. The predicted octanol–water partition coefficient (Wildman–Crippen LogP) is 5.11. The molecule has 1 aliphatic heterocycles. The predicted molar refractivity (Wildman–Crippen MR) is 140 cm³/mol. The number of aromatic amines is 1. The van der Waals surface area contributed by atoms with E-state index in [1.54, 1.807) is 31.1 Å². The first-order valence-electron chi connectivity index (χ1n) is 13.2. The van der Waals surface area contributed by atoms with Crippen LogP contribution in [0.5, 0.6) is 0 Å². The van der Waals surface area contributed by atoms with Gasteiger partial charge in [0.15, 0.2) is 0 Å². The maximum atomic E-state index is 13.7. The zero-order valence-corrected chi connectivity index (χ0v) is 22.5. The molecule has 2 fully saturated rings. The van der Waals surface area contributed by atoms with Crippen LogP contribution >= 0.6 is 0 Å². The van der Waals surface area contributed by atoms with Crippen LogP contribution in [0.1, 0.15) is 70.3 Å². The van der Waals surface area contributed by atoms with Crippen molar-refractivity contribution in [3.8, 4) is 0 Å². The molecule has 1 aromatic carbocycles. The summed E-state index contributed by atoms with van der Waals surface area (Å²) in [4.78, 5) is 43.6. The number of carbonyl (C=O) groups excluding carboxylic acids is 3. The maximum absolute atomic E-state index is 13.7. The fourth-order valence-electron chi connectivity index (χ4n) is 5.67. The van der Waals surface area contributed by atoms with Gasteiger partial charge in [-0.2, -0.15) is 0 Å². The number of amides is 2. The smallest absolute Gasteiger partial charge is 0.410 e. The third kappa shape index (κ3) is 6.26. The Bertz CT molecular complexity index is 1130. The molecule has 2 heterocycles. The molecule has 1 aromatic heterocycles. The van der Waals surface area contributed by atoms with Gasteiger partial charge in [-0.1, -0.05) is 0 Å². The molecular weight excluding hydrogens is 474 g/mol. The SMILES string of the molecule is CCOC(=O)c1cc2cc(NC(=O)[C@H]3[C@@H](C4CCC(OC)CC4)CCN3C(=O)OC(C)(C)C)ccc2[nH]1. The zero-order valence-electron chi connectivity index (χ0n) is 22.5. The minimum Gasteiger partial charge on any atom is -0.461 e. The molecule has 2 N–H and O–H groups in total. The average molecular weight is 514 g/mol. The van der Waals surface area contributed by atoms with Gasteiger partial charge in [-0.25, -0.2) is 9.59 Å². The molecule has 4 rings (SSSR count). The van der Waals surface area contributed by atoms with Crippen LogP contribution in [-0.4, -0.2) is 65.9 Å². The van der Waals surface area contributed by atoms with Crippen LogP contribution in [0.15, 0.2) is 24.3 Å². The lowest BCUT2D eigenvalue weighted by Gasteiger charge is -2.35. The van der Waals surface area contributed by atoms with E-state index in [1.807, 2.05) is 32.9 Å². The molecule has 1 saturated heterocycles. The molecule has 0 spiro atoms. The normalized spacial score (nSPS) is 24.2. The molecule has 1 saturated carbocycles. The van der Waals surface area contributed by atoms with Crippen molar-refractivity contribution in [3.05, 3.63) is 30.0 Å². The summed E-state index contributed by atoms with van der Waals surface area (Å²) in [5, 5.41) is 3.82. The molecule has 0 unspecified atom stereocenters. The van der Waals surface area contributed by atoms with E-state index in [0.717, 1.165) is 43.0 Å². The number of H-pyrrole nitrogens is 1. The summed E-state index contributed by atoms with van der Waals surface area (Å²) in [6, 6.07) is 6.52. The highest BCUT2D eigenvalue weighted by Crippen LogP contribution is 2.40. The quantitative estimate of drug-likeness (QED) is 0.519. The lowest BCUT2D eigenvalue weighted by atomic mass is 9.75. The molecule has 0 bridgehead atoms. The Balaban J connectivity index is 1.55. The van der Waals surface area contributed by atoms with Crippen molar-refractivity contribution < 1.29 is 28.6 Å². The van der Waals surface area contributed by atoms with Crippen LogP contribution in [0.2, 0.25) is 0 Å². The number of ether oxygens (including phenoxy) is 3. The molecule has 2 amide bonds. The fourth-order valence-corrected chi connectivity index (χ4v) is 5.67. The van der Waals surface area contributed by atoms with Gasteiger partial charge >= 0.3 is 12.1 Å².